The number of nitrogens with two attached hydrogens (primary N) is 1. The molecule has 2 saturated carbocycles. The second-order valence-corrected chi connectivity index (χ2v) is 14.5. The van der Waals surface area contributed by atoms with Gasteiger partial charge in [-0.1, -0.05) is 6.92 Å². The molecule has 0 aromatic carbocycles. The molecule has 11 nitrogen and oxygen atoms in total. The van der Waals surface area contributed by atoms with E-state index in [-0.39, 0.29) is 49.0 Å². The summed E-state index contributed by atoms with van der Waals surface area (Å²) in [5.74, 6) is 0.916. The van der Waals surface area contributed by atoms with Crippen LogP contribution >= 0.6 is 0 Å². The van der Waals surface area contributed by atoms with Gasteiger partial charge in [-0.15, -0.1) is 0 Å². The van der Waals surface area contributed by atoms with Crippen LogP contribution in [0.4, 0.5) is 0 Å². The lowest BCUT2D eigenvalue weighted by Gasteiger charge is -2.48. The van der Waals surface area contributed by atoms with E-state index in [0.717, 1.165) is 70.9 Å². The SMILES string of the molecule is CCNC(CCC1CCNC(N)C1)COC1CC(C2OC(CCC3CCC(O)C(OC)C3)CC(O)C2CCO)CC(OC)C1O. The Hall–Kier alpha value is -0.440. The smallest absolute Gasteiger partial charge is 0.106 e. The van der Waals surface area contributed by atoms with Crippen LogP contribution in [0, 0.1) is 23.7 Å². The predicted molar refractivity (Wildman–Crippen MR) is 173 cm³/mol. The third-order valence-electron chi connectivity index (χ3n) is 11.4. The molecule has 14 unspecified atom stereocenters. The van der Waals surface area contributed by atoms with E-state index in [4.69, 9.17) is 24.7 Å². The summed E-state index contributed by atoms with van der Waals surface area (Å²) in [6.07, 6.45) is 8.01. The molecule has 0 spiro atoms. The number of hydrogen-bond donors (Lipinski definition) is 7. The van der Waals surface area contributed by atoms with E-state index in [1.165, 1.54) is 0 Å². The number of nitrogens with one attached hydrogen (secondary N) is 2. The number of aliphatic hydroxyl groups is 4. The van der Waals surface area contributed by atoms with E-state index in [1.54, 1.807) is 14.2 Å². The fourth-order valence-corrected chi connectivity index (χ4v) is 8.71. The number of likely N-dealkylation sites (N-methyl/N-ethyl adjacent to an activating group) is 1. The van der Waals surface area contributed by atoms with Gasteiger partial charge in [0.15, 0.2) is 0 Å². The molecule has 0 radical (unpaired) electrons. The summed E-state index contributed by atoms with van der Waals surface area (Å²) in [6.45, 7) is 4.42. The molecule has 2 aliphatic heterocycles. The molecule has 2 saturated heterocycles. The maximum absolute atomic E-state index is 11.3. The number of aliphatic hydroxyl groups excluding tert-OH is 4. The van der Waals surface area contributed by atoms with Gasteiger partial charge in [0.25, 0.3) is 0 Å². The lowest BCUT2D eigenvalue weighted by Crippen LogP contribution is -2.55. The van der Waals surface area contributed by atoms with Crippen LogP contribution in [0.5, 0.6) is 0 Å². The summed E-state index contributed by atoms with van der Waals surface area (Å²) in [5.41, 5.74) is 6.13. The number of methoxy groups -OCH3 is 2. The first-order chi connectivity index (χ1) is 21.8. The molecule has 0 aromatic rings. The first-order valence-electron chi connectivity index (χ1n) is 18.0. The highest BCUT2D eigenvalue weighted by molar-refractivity contribution is 4.97. The van der Waals surface area contributed by atoms with Crippen molar-refractivity contribution in [1.29, 1.82) is 0 Å². The van der Waals surface area contributed by atoms with Crippen LogP contribution in [-0.4, -0.2) is 122 Å². The van der Waals surface area contributed by atoms with E-state index in [2.05, 4.69) is 17.6 Å². The molecule has 4 fully saturated rings. The second kappa shape index (κ2) is 18.9. The summed E-state index contributed by atoms with van der Waals surface area (Å²) in [6, 6.07) is 0.188. The molecular weight excluding hydrogens is 578 g/mol. The van der Waals surface area contributed by atoms with E-state index in [9.17, 15) is 20.4 Å². The van der Waals surface area contributed by atoms with Gasteiger partial charge in [0, 0.05) is 32.8 Å². The highest BCUT2D eigenvalue weighted by atomic mass is 16.5. The Labute approximate surface area is 271 Å². The summed E-state index contributed by atoms with van der Waals surface area (Å²) >= 11 is 0. The first-order valence-corrected chi connectivity index (χ1v) is 18.0. The number of rotatable bonds is 16. The minimum Gasteiger partial charge on any atom is -0.396 e. The Bertz CT molecular complexity index is 828. The molecule has 0 amide bonds. The standard InChI is InChI=1S/C34H65N3O8/c1-4-36-24(8-5-22-11-13-37-32(35)16-22)20-44-31-18-23(17-30(43-3)33(31)41)34-26(12-14-38)28(40)19-25(45-34)9-6-21-7-10-27(39)29(15-21)42-2/h21-34,36-41H,4-20,35H2,1-3H3. The second-order valence-electron chi connectivity index (χ2n) is 14.5. The molecule has 2 heterocycles. The Kier molecular flexibility index (Phi) is 15.7. The largest absolute Gasteiger partial charge is 0.396 e. The third-order valence-corrected chi connectivity index (χ3v) is 11.4. The number of hydrogen-bond acceptors (Lipinski definition) is 11. The lowest BCUT2D eigenvalue weighted by atomic mass is 9.72. The van der Waals surface area contributed by atoms with Crippen molar-refractivity contribution in [2.24, 2.45) is 29.4 Å². The quantitative estimate of drug-likeness (QED) is 0.131. The van der Waals surface area contributed by atoms with Gasteiger partial charge in [0.1, 0.15) is 6.10 Å². The van der Waals surface area contributed by atoms with Gasteiger partial charge in [0.2, 0.25) is 0 Å². The van der Waals surface area contributed by atoms with Crippen LogP contribution in [-0.2, 0) is 18.9 Å². The Morgan fingerprint density at radius 2 is 1.62 bits per heavy atom. The molecule has 14 atom stereocenters. The normalized spacial score (nSPS) is 42.0. The lowest BCUT2D eigenvalue weighted by molar-refractivity contribution is -0.198. The van der Waals surface area contributed by atoms with Crippen molar-refractivity contribution < 1.29 is 39.4 Å². The van der Waals surface area contributed by atoms with Crippen LogP contribution in [0.2, 0.25) is 0 Å². The van der Waals surface area contributed by atoms with Crippen molar-refractivity contribution in [3.05, 3.63) is 0 Å². The van der Waals surface area contributed by atoms with Gasteiger partial charge in [-0.25, -0.2) is 0 Å². The van der Waals surface area contributed by atoms with Gasteiger partial charge in [-0.2, -0.15) is 0 Å². The van der Waals surface area contributed by atoms with E-state index in [1.807, 2.05) is 0 Å². The zero-order valence-corrected chi connectivity index (χ0v) is 28.1. The molecule has 2 aliphatic carbocycles. The van der Waals surface area contributed by atoms with Crippen LogP contribution in [0.1, 0.15) is 90.4 Å². The average molecular weight is 644 g/mol. The van der Waals surface area contributed by atoms with Crippen LogP contribution in [0.25, 0.3) is 0 Å². The van der Waals surface area contributed by atoms with Crippen molar-refractivity contribution in [2.75, 3.05) is 40.5 Å². The molecule has 11 heteroatoms. The van der Waals surface area contributed by atoms with Crippen LogP contribution in [0.15, 0.2) is 0 Å². The molecule has 4 rings (SSSR count). The highest BCUT2D eigenvalue weighted by Gasteiger charge is 2.47. The Balaban J connectivity index is 1.37. The Morgan fingerprint density at radius 1 is 0.867 bits per heavy atom. The fraction of sp³-hybridized carbons (Fsp3) is 1.00. The third kappa shape index (κ3) is 10.8. The molecule has 0 aromatic heterocycles. The monoisotopic (exact) mass is 643 g/mol. The summed E-state index contributed by atoms with van der Waals surface area (Å²) in [5, 5.41) is 49.6. The van der Waals surface area contributed by atoms with Gasteiger partial charge in [-0.3, -0.25) is 0 Å². The van der Waals surface area contributed by atoms with Gasteiger partial charge in [-0.05, 0) is 114 Å². The van der Waals surface area contributed by atoms with Crippen molar-refractivity contribution in [3.8, 4) is 0 Å². The van der Waals surface area contributed by atoms with Crippen LogP contribution in [0.3, 0.4) is 0 Å². The van der Waals surface area contributed by atoms with Gasteiger partial charge in [0.05, 0.1) is 55.5 Å². The topological polar surface area (TPSA) is 168 Å². The van der Waals surface area contributed by atoms with E-state index >= 15 is 0 Å². The van der Waals surface area contributed by atoms with Crippen molar-refractivity contribution in [2.45, 2.75) is 151 Å². The number of piperidine rings is 1. The van der Waals surface area contributed by atoms with Crippen LogP contribution < -0.4 is 16.4 Å². The zero-order chi connectivity index (χ0) is 32.3. The molecule has 45 heavy (non-hydrogen) atoms. The molecular formula is C34H65N3O8. The minimum atomic E-state index is -0.744. The van der Waals surface area contributed by atoms with Crippen molar-refractivity contribution in [3.63, 3.8) is 0 Å². The average Bonchev–Trinajstić information content (AvgIpc) is 3.03. The molecule has 8 N–H and O–H groups in total. The first kappa shape index (κ1) is 37.4. The summed E-state index contributed by atoms with van der Waals surface area (Å²) < 4.78 is 24.6. The maximum atomic E-state index is 11.3. The summed E-state index contributed by atoms with van der Waals surface area (Å²) in [4.78, 5) is 0. The fourth-order valence-electron chi connectivity index (χ4n) is 8.71. The van der Waals surface area contributed by atoms with E-state index in [0.29, 0.717) is 44.1 Å². The Morgan fingerprint density at radius 3 is 2.33 bits per heavy atom. The highest BCUT2D eigenvalue weighted by Crippen LogP contribution is 2.42. The van der Waals surface area contributed by atoms with Crippen molar-refractivity contribution >= 4 is 0 Å². The number of ether oxygens (including phenoxy) is 4. The van der Waals surface area contributed by atoms with E-state index < -0.39 is 30.5 Å². The molecule has 0 bridgehead atoms. The zero-order valence-electron chi connectivity index (χ0n) is 28.1. The maximum Gasteiger partial charge on any atom is 0.106 e. The molecule has 264 valence electrons. The predicted octanol–water partition coefficient (Wildman–Crippen LogP) is 1.67. The van der Waals surface area contributed by atoms with Gasteiger partial charge >= 0.3 is 0 Å². The van der Waals surface area contributed by atoms with Crippen molar-refractivity contribution in [1.82, 2.24) is 10.6 Å². The van der Waals surface area contributed by atoms with Gasteiger partial charge < -0.3 is 55.7 Å². The molecule has 4 aliphatic rings. The minimum absolute atomic E-state index is 0.00956. The summed E-state index contributed by atoms with van der Waals surface area (Å²) in [7, 11) is 3.30.